The van der Waals surface area contributed by atoms with Gasteiger partial charge in [-0.2, -0.15) is 18.3 Å². The zero-order chi connectivity index (χ0) is 20.6. The summed E-state index contributed by atoms with van der Waals surface area (Å²) in [7, 11) is 1.73. The molecule has 3 aromatic heterocycles. The first-order chi connectivity index (χ1) is 13.8. The van der Waals surface area contributed by atoms with Gasteiger partial charge in [-0.05, 0) is 18.6 Å². The highest BCUT2D eigenvalue weighted by Gasteiger charge is 2.36. The summed E-state index contributed by atoms with van der Waals surface area (Å²) in [6.07, 6.45) is 0.457. The highest BCUT2D eigenvalue weighted by molar-refractivity contribution is 6.00. The van der Waals surface area contributed by atoms with Gasteiger partial charge in [0, 0.05) is 32.1 Å². The summed E-state index contributed by atoms with van der Waals surface area (Å²) in [5.41, 5.74) is -0.267. The molecule has 8 nitrogen and oxygen atoms in total. The Hall–Kier alpha value is -3.50. The molecule has 0 saturated carbocycles. The summed E-state index contributed by atoms with van der Waals surface area (Å²) in [5, 5.41) is 6.86. The number of rotatable bonds is 4. The molecule has 29 heavy (non-hydrogen) atoms. The van der Waals surface area contributed by atoms with E-state index in [0.717, 1.165) is 6.07 Å². The van der Waals surface area contributed by atoms with Crippen molar-refractivity contribution >= 4 is 17.4 Å². The van der Waals surface area contributed by atoms with Crippen LogP contribution in [-0.2, 0) is 18.0 Å². The summed E-state index contributed by atoms with van der Waals surface area (Å²) in [6, 6.07) is 4.88. The van der Waals surface area contributed by atoms with Gasteiger partial charge < -0.3 is 10.2 Å². The first-order valence-electron chi connectivity index (χ1n) is 8.75. The number of amides is 1. The minimum atomic E-state index is -4.66. The molecule has 1 N–H and O–H groups in total. The van der Waals surface area contributed by atoms with E-state index in [1.165, 1.54) is 17.2 Å². The van der Waals surface area contributed by atoms with Crippen molar-refractivity contribution in [3.05, 3.63) is 48.5 Å². The average molecular weight is 403 g/mol. The van der Waals surface area contributed by atoms with Crippen LogP contribution in [0.15, 0.2) is 42.9 Å². The van der Waals surface area contributed by atoms with Crippen molar-refractivity contribution in [3.8, 4) is 11.5 Å². The Morgan fingerprint density at radius 2 is 2.07 bits per heavy atom. The molecule has 0 aromatic carbocycles. The fourth-order valence-corrected chi connectivity index (χ4v) is 3.07. The summed E-state index contributed by atoms with van der Waals surface area (Å²) in [5.74, 6) is -0.513. The highest BCUT2D eigenvalue weighted by atomic mass is 19.4. The quantitative estimate of drug-likeness (QED) is 0.720. The van der Waals surface area contributed by atoms with Crippen molar-refractivity contribution in [2.75, 3.05) is 16.8 Å². The topological polar surface area (TPSA) is 88.8 Å². The second kappa shape index (κ2) is 7.15. The van der Waals surface area contributed by atoms with E-state index in [1.54, 1.807) is 36.3 Å². The van der Waals surface area contributed by atoms with E-state index in [2.05, 4.69) is 25.4 Å². The van der Waals surface area contributed by atoms with Crippen LogP contribution in [0.1, 0.15) is 12.1 Å². The lowest BCUT2D eigenvalue weighted by molar-refractivity contribution is -0.141. The molecule has 1 atom stereocenters. The Bertz CT molecular complexity index is 1040. The van der Waals surface area contributed by atoms with Crippen molar-refractivity contribution in [1.29, 1.82) is 0 Å². The van der Waals surface area contributed by atoms with Gasteiger partial charge in [-0.25, -0.2) is 9.97 Å². The summed E-state index contributed by atoms with van der Waals surface area (Å²) in [4.78, 5) is 26.0. The average Bonchev–Trinajstić information content (AvgIpc) is 3.27. The largest absolute Gasteiger partial charge is 0.433 e. The van der Waals surface area contributed by atoms with E-state index in [0.29, 0.717) is 18.7 Å². The van der Waals surface area contributed by atoms with Gasteiger partial charge in [0.25, 0.3) is 0 Å². The Morgan fingerprint density at radius 1 is 1.24 bits per heavy atom. The molecule has 4 rings (SSSR count). The number of carbonyl (C=O) groups is 1. The molecule has 150 valence electrons. The van der Waals surface area contributed by atoms with Crippen molar-refractivity contribution in [3.63, 3.8) is 0 Å². The zero-order valence-electron chi connectivity index (χ0n) is 15.3. The molecule has 1 aliphatic rings. The number of anilines is 2. The standard InChI is InChI=1S/C18H16F3N7O/c1-27-10-11(9-23-27)28-7-5-13(17(28)29)24-15-8-14(18(19,20)21)25-16(26-15)12-4-2-3-6-22-12/h2-4,6,8-10,13H,5,7H2,1H3,(H,24,25,26). The number of alkyl halides is 3. The van der Waals surface area contributed by atoms with E-state index in [1.807, 2.05) is 0 Å². The van der Waals surface area contributed by atoms with E-state index in [9.17, 15) is 18.0 Å². The van der Waals surface area contributed by atoms with Crippen LogP contribution in [0.2, 0.25) is 0 Å². The molecule has 1 saturated heterocycles. The van der Waals surface area contributed by atoms with Crippen LogP contribution in [0.5, 0.6) is 0 Å². The molecule has 11 heteroatoms. The number of hydrogen-bond donors (Lipinski definition) is 1. The SMILES string of the molecule is Cn1cc(N2CCC(Nc3cc(C(F)(F)F)nc(-c4ccccn4)n3)C2=O)cn1. The van der Waals surface area contributed by atoms with Crippen LogP contribution >= 0.6 is 0 Å². The predicted molar refractivity (Wildman–Crippen MR) is 97.9 cm³/mol. The van der Waals surface area contributed by atoms with Gasteiger partial charge in [-0.15, -0.1) is 0 Å². The maximum Gasteiger partial charge on any atom is 0.433 e. The monoisotopic (exact) mass is 403 g/mol. The van der Waals surface area contributed by atoms with E-state index < -0.39 is 17.9 Å². The Morgan fingerprint density at radius 3 is 2.72 bits per heavy atom. The van der Waals surface area contributed by atoms with Crippen LogP contribution in [0.4, 0.5) is 24.7 Å². The Balaban J connectivity index is 1.62. The second-order valence-corrected chi connectivity index (χ2v) is 6.52. The number of halogens is 3. The van der Waals surface area contributed by atoms with Gasteiger partial charge in [0.05, 0.1) is 11.9 Å². The molecular formula is C18H16F3N7O. The molecule has 0 radical (unpaired) electrons. The van der Waals surface area contributed by atoms with Gasteiger partial charge in [-0.3, -0.25) is 14.5 Å². The fourth-order valence-electron chi connectivity index (χ4n) is 3.07. The lowest BCUT2D eigenvalue weighted by Gasteiger charge is -2.16. The van der Waals surface area contributed by atoms with Crippen LogP contribution in [-0.4, -0.2) is 43.2 Å². The Labute approximate surface area is 163 Å². The third-order valence-corrected chi connectivity index (χ3v) is 4.44. The summed E-state index contributed by atoms with van der Waals surface area (Å²) < 4.78 is 41.5. The molecule has 0 aliphatic carbocycles. The first kappa shape index (κ1) is 18.8. The zero-order valence-corrected chi connectivity index (χ0v) is 15.3. The molecule has 1 aliphatic heterocycles. The summed E-state index contributed by atoms with van der Waals surface area (Å²) >= 11 is 0. The third-order valence-electron chi connectivity index (χ3n) is 4.44. The van der Waals surface area contributed by atoms with Crippen LogP contribution in [0.3, 0.4) is 0 Å². The number of aryl methyl sites for hydroxylation is 1. The molecule has 1 amide bonds. The van der Waals surface area contributed by atoms with Crippen LogP contribution in [0, 0.1) is 0 Å². The van der Waals surface area contributed by atoms with Gasteiger partial charge in [0.15, 0.2) is 11.5 Å². The highest BCUT2D eigenvalue weighted by Crippen LogP contribution is 2.31. The molecule has 4 heterocycles. The number of hydrogen-bond acceptors (Lipinski definition) is 6. The number of carbonyl (C=O) groups excluding carboxylic acids is 1. The normalized spacial score (nSPS) is 17.0. The van der Waals surface area contributed by atoms with Crippen LogP contribution < -0.4 is 10.2 Å². The third kappa shape index (κ3) is 3.89. The first-order valence-corrected chi connectivity index (χ1v) is 8.75. The number of nitrogens with one attached hydrogen (secondary N) is 1. The van der Waals surface area contributed by atoms with Crippen molar-refractivity contribution in [2.24, 2.45) is 7.05 Å². The number of aromatic nitrogens is 5. The maximum atomic E-state index is 13.3. The number of nitrogens with zero attached hydrogens (tertiary/aromatic N) is 6. The van der Waals surface area contributed by atoms with Crippen molar-refractivity contribution in [1.82, 2.24) is 24.7 Å². The Kier molecular flexibility index (Phi) is 4.65. The minimum absolute atomic E-state index is 0.0839. The van der Waals surface area contributed by atoms with E-state index in [4.69, 9.17) is 0 Å². The molecule has 1 fully saturated rings. The molecule has 0 bridgehead atoms. The lowest BCUT2D eigenvalue weighted by Crippen LogP contribution is -2.33. The lowest BCUT2D eigenvalue weighted by atomic mass is 10.2. The van der Waals surface area contributed by atoms with E-state index >= 15 is 0 Å². The molecule has 1 unspecified atom stereocenters. The van der Waals surface area contributed by atoms with Crippen molar-refractivity contribution < 1.29 is 18.0 Å². The number of pyridine rings is 1. The predicted octanol–water partition coefficient (Wildman–Crippen LogP) is 2.51. The van der Waals surface area contributed by atoms with Gasteiger partial charge >= 0.3 is 6.18 Å². The van der Waals surface area contributed by atoms with E-state index in [-0.39, 0.29) is 23.2 Å². The second-order valence-electron chi connectivity index (χ2n) is 6.52. The molecule has 3 aromatic rings. The molecule has 0 spiro atoms. The smallest absolute Gasteiger partial charge is 0.358 e. The van der Waals surface area contributed by atoms with Crippen molar-refractivity contribution in [2.45, 2.75) is 18.6 Å². The van der Waals surface area contributed by atoms with Gasteiger partial charge in [0.2, 0.25) is 5.91 Å². The fraction of sp³-hybridized carbons (Fsp3) is 0.278. The van der Waals surface area contributed by atoms with Crippen LogP contribution in [0.25, 0.3) is 11.5 Å². The molecular weight excluding hydrogens is 387 g/mol. The van der Waals surface area contributed by atoms with Gasteiger partial charge in [0.1, 0.15) is 17.6 Å². The minimum Gasteiger partial charge on any atom is -0.358 e. The summed E-state index contributed by atoms with van der Waals surface area (Å²) in [6.45, 7) is 0.423. The van der Waals surface area contributed by atoms with Gasteiger partial charge in [-0.1, -0.05) is 6.07 Å². The maximum absolute atomic E-state index is 13.3.